The molecule has 4 heterocycles. The van der Waals surface area contributed by atoms with Gasteiger partial charge in [0, 0.05) is 38.2 Å². The highest BCUT2D eigenvalue weighted by Gasteiger charge is 2.25. The van der Waals surface area contributed by atoms with Crippen molar-refractivity contribution in [2.75, 3.05) is 30.8 Å². The molecule has 0 fully saturated rings. The molecule has 0 radical (unpaired) electrons. The highest BCUT2D eigenvalue weighted by molar-refractivity contribution is 6.09. The molecule has 5 rings (SSSR count). The van der Waals surface area contributed by atoms with Crippen LogP contribution >= 0.6 is 0 Å². The van der Waals surface area contributed by atoms with Crippen molar-refractivity contribution in [2.24, 2.45) is 0 Å². The van der Waals surface area contributed by atoms with Gasteiger partial charge in [0.1, 0.15) is 35.9 Å². The van der Waals surface area contributed by atoms with E-state index in [9.17, 15) is 18.4 Å². The lowest BCUT2D eigenvalue weighted by Gasteiger charge is -2.21. The van der Waals surface area contributed by atoms with E-state index in [1.54, 1.807) is 12.3 Å². The van der Waals surface area contributed by atoms with Crippen molar-refractivity contribution in [3.05, 3.63) is 48.5 Å². The van der Waals surface area contributed by atoms with Crippen molar-refractivity contribution >= 4 is 28.8 Å². The maximum Gasteiger partial charge on any atom is 0.387 e. The molecule has 186 valence electrons. The van der Waals surface area contributed by atoms with Crippen LogP contribution in [0.5, 0.6) is 11.5 Å². The van der Waals surface area contributed by atoms with E-state index in [2.05, 4.69) is 31.1 Å². The minimum atomic E-state index is -3.11. The predicted octanol–water partition coefficient (Wildman–Crippen LogP) is 2.00. The van der Waals surface area contributed by atoms with Gasteiger partial charge < -0.3 is 25.4 Å². The van der Waals surface area contributed by atoms with Gasteiger partial charge in [0.2, 0.25) is 5.91 Å². The normalized spacial score (nSPS) is 12.6. The fourth-order valence-electron chi connectivity index (χ4n) is 3.74. The van der Waals surface area contributed by atoms with Crippen LogP contribution in [0.4, 0.5) is 20.2 Å². The number of ether oxygens (including phenoxy) is 2. The molecule has 3 N–H and O–H groups in total. The van der Waals surface area contributed by atoms with Gasteiger partial charge in [0.15, 0.2) is 5.65 Å². The first-order valence-electron chi connectivity index (χ1n) is 10.8. The third kappa shape index (κ3) is 4.47. The highest BCUT2D eigenvalue weighted by atomic mass is 19.3. The summed E-state index contributed by atoms with van der Waals surface area (Å²) in [6.07, 6.45) is 5.94. The predicted molar refractivity (Wildman–Crippen MR) is 123 cm³/mol. The molecule has 0 saturated heterocycles. The topological polar surface area (TPSA) is 137 Å². The SMILES string of the molecule is CNC(=O)Cn1cc(NC(=O)c2cnn3cccnc23)c(-c2cc3c(cc2OC(F)F)NCCO3)n1. The summed E-state index contributed by atoms with van der Waals surface area (Å²) >= 11 is 0. The fraction of sp³-hybridized carbons (Fsp3) is 0.227. The number of alkyl halides is 2. The minimum Gasteiger partial charge on any atom is -0.490 e. The van der Waals surface area contributed by atoms with Crippen LogP contribution in [0.15, 0.2) is 43.0 Å². The van der Waals surface area contributed by atoms with E-state index in [0.717, 1.165) is 0 Å². The van der Waals surface area contributed by atoms with E-state index in [-0.39, 0.29) is 40.7 Å². The molecule has 1 aliphatic heterocycles. The second kappa shape index (κ2) is 9.48. The van der Waals surface area contributed by atoms with E-state index in [1.807, 2.05) is 0 Å². The lowest BCUT2D eigenvalue weighted by molar-refractivity contribution is -0.121. The van der Waals surface area contributed by atoms with Crippen LogP contribution in [0.2, 0.25) is 0 Å². The van der Waals surface area contributed by atoms with Crippen LogP contribution in [0.3, 0.4) is 0 Å². The van der Waals surface area contributed by atoms with Gasteiger partial charge in [-0.3, -0.25) is 14.3 Å². The lowest BCUT2D eigenvalue weighted by atomic mass is 10.1. The number of amides is 2. The number of carbonyl (C=O) groups is 2. The molecule has 36 heavy (non-hydrogen) atoms. The van der Waals surface area contributed by atoms with Gasteiger partial charge in [0.25, 0.3) is 5.91 Å². The number of fused-ring (bicyclic) bond motifs is 2. The molecule has 2 amide bonds. The average Bonchev–Trinajstić information content (AvgIpc) is 3.47. The Morgan fingerprint density at radius 1 is 1.33 bits per heavy atom. The Balaban J connectivity index is 1.59. The van der Waals surface area contributed by atoms with Crippen LogP contribution < -0.4 is 25.4 Å². The van der Waals surface area contributed by atoms with Gasteiger partial charge in [-0.05, 0) is 12.1 Å². The Morgan fingerprint density at radius 2 is 2.19 bits per heavy atom. The molecule has 0 atom stereocenters. The first kappa shape index (κ1) is 23.0. The molecule has 0 bridgehead atoms. The molecule has 3 aromatic heterocycles. The smallest absolute Gasteiger partial charge is 0.387 e. The number of halogens is 2. The van der Waals surface area contributed by atoms with Crippen LogP contribution in [0, 0.1) is 0 Å². The van der Waals surface area contributed by atoms with Crippen LogP contribution in [-0.4, -0.2) is 63.0 Å². The molecule has 0 aliphatic carbocycles. The zero-order valence-corrected chi connectivity index (χ0v) is 18.9. The molecule has 0 spiro atoms. The summed E-state index contributed by atoms with van der Waals surface area (Å²) in [4.78, 5) is 29.3. The number of nitrogens with one attached hydrogen (secondary N) is 3. The van der Waals surface area contributed by atoms with Gasteiger partial charge in [-0.1, -0.05) is 0 Å². The quantitative estimate of drug-likeness (QED) is 0.352. The first-order valence-corrected chi connectivity index (χ1v) is 10.8. The van der Waals surface area contributed by atoms with Gasteiger partial charge in [-0.2, -0.15) is 19.0 Å². The maximum atomic E-state index is 13.3. The van der Waals surface area contributed by atoms with Crippen LogP contribution in [0.25, 0.3) is 16.9 Å². The number of hydrogen-bond acceptors (Lipinski definition) is 8. The van der Waals surface area contributed by atoms with Gasteiger partial charge in [0.05, 0.1) is 23.1 Å². The minimum absolute atomic E-state index is 0.101. The summed E-state index contributed by atoms with van der Waals surface area (Å²) in [5.41, 5.74) is 1.38. The van der Waals surface area contributed by atoms with E-state index >= 15 is 0 Å². The Bertz CT molecular complexity index is 1450. The average molecular weight is 498 g/mol. The van der Waals surface area contributed by atoms with Crippen molar-refractivity contribution < 1.29 is 27.8 Å². The number of nitrogens with zero attached hydrogens (tertiary/aromatic N) is 5. The molecule has 1 aliphatic rings. The molecule has 14 heteroatoms. The molecular formula is C22H20F2N8O4. The van der Waals surface area contributed by atoms with E-state index in [4.69, 9.17) is 9.47 Å². The van der Waals surface area contributed by atoms with Crippen molar-refractivity contribution in [2.45, 2.75) is 13.2 Å². The number of likely N-dealkylation sites (N-methyl/N-ethyl adjacent to an activating group) is 1. The summed E-state index contributed by atoms with van der Waals surface area (Å²) in [5, 5.41) is 16.8. The number of aromatic nitrogens is 5. The number of hydrogen-bond donors (Lipinski definition) is 3. The van der Waals surface area contributed by atoms with Crippen LogP contribution in [-0.2, 0) is 11.3 Å². The van der Waals surface area contributed by atoms with Crippen molar-refractivity contribution in [3.8, 4) is 22.8 Å². The molecule has 0 unspecified atom stereocenters. The van der Waals surface area contributed by atoms with Gasteiger partial charge in [-0.15, -0.1) is 0 Å². The number of anilines is 2. The molecular weight excluding hydrogens is 478 g/mol. The zero-order chi connectivity index (χ0) is 25.2. The van der Waals surface area contributed by atoms with Gasteiger partial charge >= 0.3 is 6.61 Å². The number of carbonyl (C=O) groups excluding carboxylic acids is 2. The Labute approximate surface area is 202 Å². The van der Waals surface area contributed by atoms with Crippen molar-refractivity contribution in [1.82, 2.24) is 29.7 Å². The van der Waals surface area contributed by atoms with Crippen molar-refractivity contribution in [1.29, 1.82) is 0 Å². The third-order valence-corrected chi connectivity index (χ3v) is 5.35. The zero-order valence-electron chi connectivity index (χ0n) is 18.9. The third-order valence-electron chi connectivity index (χ3n) is 5.35. The lowest BCUT2D eigenvalue weighted by Crippen LogP contribution is -2.23. The summed E-state index contributed by atoms with van der Waals surface area (Å²) in [6, 6.07) is 4.55. The van der Waals surface area contributed by atoms with Crippen molar-refractivity contribution in [3.63, 3.8) is 0 Å². The van der Waals surface area contributed by atoms with Crippen LogP contribution in [0.1, 0.15) is 10.4 Å². The Hall–Kier alpha value is -4.75. The highest BCUT2D eigenvalue weighted by Crippen LogP contribution is 2.42. The summed E-state index contributed by atoms with van der Waals surface area (Å²) in [7, 11) is 1.47. The van der Waals surface area contributed by atoms with E-state index in [0.29, 0.717) is 30.2 Å². The van der Waals surface area contributed by atoms with Gasteiger partial charge in [-0.25, -0.2) is 9.50 Å². The second-order valence-electron chi connectivity index (χ2n) is 7.66. The second-order valence-corrected chi connectivity index (χ2v) is 7.66. The van der Waals surface area contributed by atoms with E-state index in [1.165, 1.54) is 47.0 Å². The Kier molecular flexibility index (Phi) is 6.06. The Morgan fingerprint density at radius 3 is 3.00 bits per heavy atom. The monoisotopic (exact) mass is 498 g/mol. The molecule has 1 aromatic carbocycles. The standard InChI is InChI=1S/C22H20F2N8O4/c1-25-18(33)11-31-10-15(29-21(34)13-9-28-32-5-2-3-27-20(13)32)19(30-31)12-7-17-14(26-4-6-35-17)8-16(12)36-22(23)24/h2-3,5,7-10,22,26H,4,6,11H2,1H3,(H,25,33)(H,29,34). The molecule has 12 nitrogen and oxygen atoms in total. The summed E-state index contributed by atoms with van der Waals surface area (Å²) < 4.78 is 39.7. The summed E-state index contributed by atoms with van der Waals surface area (Å²) in [5.74, 6) is -0.685. The maximum absolute atomic E-state index is 13.3. The largest absolute Gasteiger partial charge is 0.490 e. The molecule has 4 aromatic rings. The van der Waals surface area contributed by atoms with E-state index < -0.39 is 12.5 Å². The first-order chi connectivity index (χ1) is 17.4. The fourth-order valence-corrected chi connectivity index (χ4v) is 3.74. The molecule has 0 saturated carbocycles. The number of benzene rings is 1. The number of rotatable bonds is 7. The summed E-state index contributed by atoms with van der Waals surface area (Å²) in [6.45, 7) is -2.41.